The van der Waals surface area contributed by atoms with Crippen molar-refractivity contribution in [1.82, 2.24) is 0 Å². The summed E-state index contributed by atoms with van der Waals surface area (Å²) in [5.74, 6) is 0.828. The molecule has 1 heterocycles. The van der Waals surface area contributed by atoms with Crippen molar-refractivity contribution in [3.8, 4) is 0 Å². The first-order valence-corrected chi connectivity index (χ1v) is 5.92. The number of carbonyl (C=O) groups excluding carboxylic acids is 1. The Kier molecular flexibility index (Phi) is 3.32. The zero-order chi connectivity index (χ0) is 11.5. The van der Waals surface area contributed by atoms with E-state index in [4.69, 9.17) is 9.47 Å². The predicted molar refractivity (Wildman–Crippen MR) is 60.7 cm³/mol. The molecule has 0 saturated heterocycles. The van der Waals surface area contributed by atoms with Gasteiger partial charge in [-0.25, -0.2) is 4.79 Å². The first-order chi connectivity index (χ1) is 7.77. The van der Waals surface area contributed by atoms with E-state index in [2.05, 4.69) is 13.0 Å². The smallest absolute Gasteiger partial charge is 0.337 e. The lowest BCUT2D eigenvalue weighted by Crippen LogP contribution is -2.16. The Balaban J connectivity index is 2.17. The fourth-order valence-electron chi connectivity index (χ4n) is 2.37. The maximum Gasteiger partial charge on any atom is 0.337 e. The van der Waals surface area contributed by atoms with E-state index >= 15 is 0 Å². The summed E-state index contributed by atoms with van der Waals surface area (Å²) in [6.07, 6.45) is 8.10. The van der Waals surface area contributed by atoms with Gasteiger partial charge < -0.3 is 9.47 Å². The van der Waals surface area contributed by atoms with E-state index in [9.17, 15) is 4.79 Å². The van der Waals surface area contributed by atoms with Gasteiger partial charge >= 0.3 is 5.97 Å². The monoisotopic (exact) mass is 222 g/mol. The minimum Gasteiger partial charge on any atom is -0.489 e. The standard InChI is InChI=1S/C13H18O3/c1-3-4-7-11-12(13(14)15-2)9-6-5-8-10(9)16-11/h5,8-10H,3-4,6-7H2,1-2H3/t9-,10+/m1/s1. The van der Waals surface area contributed by atoms with Crippen LogP contribution in [0.3, 0.4) is 0 Å². The Morgan fingerprint density at radius 3 is 3.12 bits per heavy atom. The second-order valence-corrected chi connectivity index (χ2v) is 4.28. The molecule has 0 aromatic carbocycles. The Labute approximate surface area is 96.1 Å². The van der Waals surface area contributed by atoms with Crippen LogP contribution in [0.15, 0.2) is 23.5 Å². The number of hydrogen-bond acceptors (Lipinski definition) is 3. The molecule has 0 aromatic rings. The lowest BCUT2D eigenvalue weighted by atomic mass is 9.95. The van der Waals surface area contributed by atoms with Gasteiger partial charge in [0.15, 0.2) is 0 Å². The average Bonchev–Trinajstić information content (AvgIpc) is 2.84. The van der Waals surface area contributed by atoms with E-state index in [0.29, 0.717) is 0 Å². The molecule has 1 aliphatic carbocycles. The summed E-state index contributed by atoms with van der Waals surface area (Å²) in [7, 11) is 1.43. The van der Waals surface area contributed by atoms with Gasteiger partial charge in [0.2, 0.25) is 0 Å². The van der Waals surface area contributed by atoms with Crippen molar-refractivity contribution in [3.63, 3.8) is 0 Å². The number of ether oxygens (including phenoxy) is 2. The summed E-state index contributed by atoms with van der Waals surface area (Å²) >= 11 is 0. The molecular formula is C13H18O3. The van der Waals surface area contributed by atoms with Crippen molar-refractivity contribution in [3.05, 3.63) is 23.5 Å². The molecule has 88 valence electrons. The molecule has 2 aliphatic rings. The Bertz CT molecular complexity index is 341. The molecule has 0 spiro atoms. The summed E-state index contributed by atoms with van der Waals surface area (Å²) in [5.41, 5.74) is 0.769. The molecule has 0 saturated carbocycles. The molecular weight excluding hydrogens is 204 g/mol. The van der Waals surface area contributed by atoms with Crippen LogP contribution < -0.4 is 0 Å². The Morgan fingerprint density at radius 1 is 1.62 bits per heavy atom. The third kappa shape index (κ3) is 1.86. The van der Waals surface area contributed by atoms with Crippen LogP contribution in [0.25, 0.3) is 0 Å². The molecule has 0 unspecified atom stereocenters. The zero-order valence-corrected chi connectivity index (χ0v) is 9.86. The summed E-state index contributed by atoms with van der Waals surface area (Å²) in [6.45, 7) is 2.13. The largest absolute Gasteiger partial charge is 0.489 e. The number of rotatable bonds is 4. The quantitative estimate of drug-likeness (QED) is 0.541. The SMILES string of the molecule is CCCCC1=C(C(=O)OC)[C@@H]2CC=C[C@@H]2O1. The van der Waals surface area contributed by atoms with E-state index in [1.807, 2.05) is 6.08 Å². The molecule has 0 N–H and O–H groups in total. The number of esters is 1. The van der Waals surface area contributed by atoms with Crippen LogP contribution in [0.1, 0.15) is 32.6 Å². The number of carbonyl (C=O) groups is 1. The number of unbranched alkanes of at least 4 members (excludes halogenated alkanes) is 1. The maximum atomic E-state index is 11.7. The van der Waals surface area contributed by atoms with E-state index in [1.54, 1.807) is 0 Å². The highest BCUT2D eigenvalue weighted by Gasteiger charge is 2.40. The van der Waals surface area contributed by atoms with Crippen LogP contribution in [0.2, 0.25) is 0 Å². The van der Waals surface area contributed by atoms with Crippen LogP contribution in [0.5, 0.6) is 0 Å². The van der Waals surface area contributed by atoms with Gasteiger partial charge in [0.1, 0.15) is 11.9 Å². The van der Waals surface area contributed by atoms with E-state index in [0.717, 1.165) is 37.0 Å². The molecule has 2 atom stereocenters. The van der Waals surface area contributed by atoms with Crippen LogP contribution >= 0.6 is 0 Å². The summed E-state index contributed by atoms with van der Waals surface area (Å²) < 4.78 is 10.7. The number of fused-ring (bicyclic) bond motifs is 1. The highest BCUT2D eigenvalue weighted by molar-refractivity contribution is 5.90. The zero-order valence-electron chi connectivity index (χ0n) is 9.86. The summed E-state index contributed by atoms with van der Waals surface area (Å²) in [4.78, 5) is 11.7. The fraction of sp³-hybridized carbons (Fsp3) is 0.615. The lowest BCUT2D eigenvalue weighted by molar-refractivity contribution is -0.136. The molecule has 16 heavy (non-hydrogen) atoms. The van der Waals surface area contributed by atoms with Crippen molar-refractivity contribution < 1.29 is 14.3 Å². The normalized spacial score (nSPS) is 26.9. The number of allylic oxidation sites excluding steroid dienone is 2. The van der Waals surface area contributed by atoms with Gasteiger partial charge in [-0.15, -0.1) is 0 Å². The van der Waals surface area contributed by atoms with Crippen LogP contribution in [0, 0.1) is 5.92 Å². The van der Waals surface area contributed by atoms with Crippen molar-refractivity contribution in [2.24, 2.45) is 5.92 Å². The van der Waals surface area contributed by atoms with Gasteiger partial charge in [-0.1, -0.05) is 19.4 Å². The fourth-order valence-corrected chi connectivity index (χ4v) is 2.37. The molecule has 3 nitrogen and oxygen atoms in total. The van der Waals surface area contributed by atoms with Gasteiger partial charge in [-0.05, 0) is 18.9 Å². The van der Waals surface area contributed by atoms with Gasteiger partial charge in [0.05, 0.1) is 12.7 Å². The highest BCUT2D eigenvalue weighted by Crippen LogP contribution is 2.40. The molecule has 0 bridgehead atoms. The third-order valence-corrected chi connectivity index (χ3v) is 3.22. The third-order valence-electron chi connectivity index (χ3n) is 3.22. The molecule has 0 aromatic heterocycles. The molecule has 0 radical (unpaired) electrons. The highest BCUT2D eigenvalue weighted by atomic mass is 16.5. The maximum absolute atomic E-state index is 11.7. The Hall–Kier alpha value is -1.25. The van der Waals surface area contributed by atoms with E-state index in [1.165, 1.54) is 7.11 Å². The average molecular weight is 222 g/mol. The lowest BCUT2D eigenvalue weighted by Gasteiger charge is -2.09. The van der Waals surface area contributed by atoms with Crippen molar-refractivity contribution >= 4 is 5.97 Å². The molecule has 1 aliphatic heterocycles. The van der Waals surface area contributed by atoms with Crippen LogP contribution in [-0.2, 0) is 14.3 Å². The van der Waals surface area contributed by atoms with E-state index in [-0.39, 0.29) is 18.0 Å². The van der Waals surface area contributed by atoms with Gasteiger partial charge in [0.25, 0.3) is 0 Å². The molecule has 2 rings (SSSR count). The first kappa shape index (κ1) is 11.2. The minimum atomic E-state index is -0.220. The first-order valence-electron chi connectivity index (χ1n) is 5.92. The number of hydrogen-bond donors (Lipinski definition) is 0. The van der Waals surface area contributed by atoms with Crippen molar-refractivity contribution in [2.45, 2.75) is 38.7 Å². The molecule has 0 amide bonds. The summed E-state index contributed by atoms with van der Waals surface area (Å²) in [6, 6.07) is 0. The van der Waals surface area contributed by atoms with Crippen molar-refractivity contribution in [1.29, 1.82) is 0 Å². The number of methoxy groups -OCH3 is 1. The van der Waals surface area contributed by atoms with Crippen LogP contribution in [-0.4, -0.2) is 19.2 Å². The molecule has 3 heteroatoms. The van der Waals surface area contributed by atoms with Crippen molar-refractivity contribution in [2.75, 3.05) is 7.11 Å². The predicted octanol–water partition coefficient (Wildman–Crippen LogP) is 2.58. The minimum absolute atomic E-state index is 0.0703. The second-order valence-electron chi connectivity index (χ2n) is 4.28. The van der Waals surface area contributed by atoms with Crippen LogP contribution in [0.4, 0.5) is 0 Å². The molecule has 0 fully saturated rings. The Morgan fingerprint density at radius 2 is 2.44 bits per heavy atom. The summed E-state index contributed by atoms with van der Waals surface area (Å²) in [5, 5.41) is 0. The van der Waals surface area contributed by atoms with E-state index < -0.39 is 0 Å². The second kappa shape index (κ2) is 4.73. The van der Waals surface area contributed by atoms with Gasteiger partial charge in [-0.2, -0.15) is 0 Å². The van der Waals surface area contributed by atoms with Gasteiger partial charge in [-0.3, -0.25) is 0 Å². The topological polar surface area (TPSA) is 35.5 Å². The van der Waals surface area contributed by atoms with Gasteiger partial charge in [0, 0.05) is 12.3 Å².